The van der Waals surface area contributed by atoms with Gasteiger partial charge in [-0.3, -0.25) is 0 Å². The molecule has 2 aliphatic carbocycles. The Hall–Kier alpha value is -1.73. The van der Waals surface area contributed by atoms with Crippen molar-refractivity contribution < 1.29 is 9.53 Å². The quantitative estimate of drug-likeness (QED) is 0.167. The third kappa shape index (κ3) is 4.46. The van der Waals surface area contributed by atoms with E-state index < -0.39 is 0 Å². The SMILES string of the molecule is C=CC(=O)OCC(CSc1ccc2cccsc1-2)Sc1ccc2cccsc1-2. The van der Waals surface area contributed by atoms with Gasteiger partial charge in [-0.2, -0.15) is 0 Å². The lowest BCUT2D eigenvalue weighted by atomic mass is 10.3. The summed E-state index contributed by atoms with van der Waals surface area (Å²) < 4.78 is 5.39. The second-order valence-corrected chi connectivity index (χ2v) is 10.3. The smallest absolute Gasteiger partial charge is 0.330 e. The fraction of sp³-hybridized carbons (Fsp3) is 0.136. The van der Waals surface area contributed by atoms with Crippen LogP contribution in [0.4, 0.5) is 0 Å². The number of esters is 1. The molecule has 4 aliphatic rings. The third-order valence-corrected chi connectivity index (χ3v) is 9.07. The van der Waals surface area contributed by atoms with Crippen molar-refractivity contribution in [2.45, 2.75) is 15.0 Å². The van der Waals surface area contributed by atoms with Crippen LogP contribution in [0.25, 0.3) is 20.9 Å². The summed E-state index contributed by atoms with van der Waals surface area (Å²) in [6.45, 7) is 3.86. The number of rotatable bonds is 8. The van der Waals surface area contributed by atoms with Gasteiger partial charge in [-0.15, -0.1) is 46.2 Å². The maximum absolute atomic E-state index is 11.6. The monoisotopic (exact) mass is 442 g/mol. The molecule has 0 N–H and O–H groups in total. The van der Waals surface area contributed by atoms with Crippen molar-refractivity contribution in [2.24, 2.45) is 0 Å². The molecule has 0 aromatic carbocycles. The largest absolute Gasteiger partial charge is 0.461 e. The Kier molecular flexibility index (Phi) is 6.42. The molecule has 0 saturated heterocycles. The highest BCUT2D eigenvalue weighted by atomic mass is 32.2. The lowest BCUT2D eigenvalue weighted by molar-refractivity contribution is -0.137. The van der Waals surface area contributed by atoms with Crippen LogP contribution in [0.15, 0.2) is 81.7 Å². The summed E-state index contributed by atoms with van der Waals surface area (Å²) in [7, 11) is 0. The number of carbonyl (C=O) groups excluding carboxylic acids is 1. The highest BCUT2D eigenvalue weighted by Crippen LogP contribution is 2.42. The number of fused-ring (bicyclic) bond motifs is 2. The molecule has 6 heteroatoms. The van der Waals surface area contributed by atoms with E-state index in [4.69, 9.17) is 4.74 Å². The fourth-order valence-corrected chi connectivity index (χ4v) is 7.18. The average molecular weight is 443 g/mol. The van der Waals surface area contributed by atoms with Gasteiger partial charge in [0.1, 0.15) is 6.61 Å². The normalized spacial score (nSPS) is 12.3. The standard InChI is InChI=1S/C22H18O2S4/c1-2-20(23)24-13-17(28-19-10-8-16-6-4-12-26-22(16)19)14-27-18-9-7-15-5-3-11-25-21(15)18/h2-12,17H,1,13-14H2. The first-order valence-electron chi connectivity index (χ1n) is 8.75. The molecule has 142 valence electrons. The van der Waals surface area contributed by atoms with Crippen molar-refractivity contribution in [1.29, 1.82) is 0 Å². The zero-order valence-electron chi connectivity index (χ0n) is 15.0. The van der Waals surface area contributed by atoms with Gasteiger partial charge < -0.3 is 4.74 Å². The van der Waals surface area contributed by atoms with Crippen molar-refractivity contribution in [3.05, 3.63) is 71.9 Å². The van der Waals surface area contributed by atoms with Crippen molar-refractivity contribution >= 4 is 52.2 Å². The highest BCUT2D eigenvalue weighted by Gasteiger charge is 2.19. The van der Waals surface area contributed by atoms with Crippen LogP contribution in [-0.2, 0) is 9.53 Å². The van der Waals surface area contributed by atoms with Gasteiger partial charge in [0.25, 0.3) is 0 Å². The Balaban J connectivity index is 1.48. The third-order valence-electron chi connectivity index (χ3n) is 4.18. The Labute approximate surface area is 181 Å². The second kappa shape index (κ2) is 9.18. The molecule has 28 heavy (non-hydrogen) atoms. The zero-order valence-corrected chi connectivity index (χ0v) is 18.3. The van der Waals surface area contributed by atoms with Gasteiger partial charge in [0.2, 0.25) is 0 Å². The van der Waals surface area contributed by atoms with Crippen molar-refractivity contribution in [3.8, 4) is 20.9 Å². The predicted octanol–water partition coefficient (Wildman–Crippen LogP) is 7.00. The van der Waals surface area contributed by atoms with Gasteiger partial charge >= 0.3 is 5.97 Å². The van der Waals surface area contributed by atoms with E-state index in [1.807, 2.05) is 11.8 Å². The number of carbonyl (C=O) groups is 1. The predicted molar refractivity (Wildman–Crippen MR) is 123 cm³/mol. The average Bonchev–Trinajstić information content (AvgIpc) is 3.34. The van der Waals surface area contributed by atoms with Gasteiger partial charge in [-0.25, -0.2) is 4.79 Å². The molecular formula is C22H18O2S4. The summed E-state index contributed by atoms with van der Waals surface area (Å²) in [6, 6.07) is 17.1. The lowest BCUT2D eigenvalue weighted by Gasteiger charge is -2.16. The van der Waals surface area contributed by atoms with Gasteiger partial charge in [0, 0.05) is 31.4 Å². The Bertz CT molecular complexity index is 1020. The lowest BCUT2D eigenvalue weighted by Crippen LogP contribution is -2.17. The van der Waals surface area contributed by atoms with Gasteiger partial charge in [-0.05, 0) is 34.0 Å². The van der Waals surface area contributed by atoms with E-state index in [1.54, 1.807) is 34.4 Å². The van der Waals surface area contributed by atoms with Crippen LogP contribution < -0.4 is 0 Å². The Morgan fingerprint density at radius 1 is 1.00 bits per heavy atom. The summed E-state index contributed by atoms with van der Waals surface area (Å²) in [6.07, 6.45) is 1.22. The van der Waals surface area contributed by atoms with Gasteiger partial charge in [0.05, 0.1) is 5.25 Å². The molecule has 2 nitrogen and oxygen atoms in total. The van der Waals surface area contributed by atoms with Crippen molar-refractivity contribution in [3.63, 3.8) is 0 Å². The molecule has 0 aromatic heterocycles. The van der Waals surface area contributed by atoms with Crippen LogP contribution in [0.1, 0.15) is 0 Å². The first kappa shape index (κ1) is 19.6. The number of ether oxygens (including phenoxy) is 1. The highest BCUT2D eigenvalue weighted by molar-refractivity contribution is 8.03. The molecule has 0 bridgehead atoms. The minimum absolute atomic E-state index is 0.158. The summed E-state index contributed by atoms with van der Waals surface area (Å²) in [5.41, 5.74) is 2.54. The van der Waals surface area contributed by atoms with Crippen LogP contribution >= 0.6 is 46.2 Å². The zero-order chi connectivity index (χ0) is 19.3. The molecule has 4 rings (SSSR count). The minimum Gasteiger partial charge on any atom is -0.461 e. The molecule has 0 fully saturated rings. The molecule has 0 radical (unpaired) electrons. The van der Waals surface area contributed by atoms with Crippen LogP contribution in [-0.4, -0.2) is 23.6 Å². The molecule has 2 heterocycles. The van der Waals surface area contributed by atoms with E-state index in [0.29, 0.717) is 6.61 Å². The van der Waals surface area contributed by atoms with Crippen LogP contribution in [0.2, 0.25) is 0 Å². The first-order chi connectivity index (χ1) is 13.7. The van der Waals surface area contributed by atoms with Crippen molar-refractivity contribution in [1.82, 2.24) is 0 Å². The maximum atomic E-state index is 11.6. The molecule has 0 amide bonds. The van der Waals surface area contributed by atoms with E-state index >= 15 is 0 Å². The summed E-state index contributed by atoms with van der Waals surface area (Å²) in [4.78, 5) is 16.7. The van der Waals surface area contributed by atoms with Gasteiger partial charge in [-0.1, -0.05) is 43.0 Å². The number of hydrogen-bond donors (Lipinski definition) is 0. The molecule has 2 aliphatic heterocycles. The van der Waals surface area contributed by atoms with E-state index in [1.165, 1.54) is 36.7 Å². The summed E-state index contributed by atoms with van der Waals surface area (Å²) in [5.74, 6) is 0.492. The molecular weight excluding hydrogens is 425 g/mol. The van der Waals surface area contributed by atoms with E-state index in [9.17, 15) is 4.79 Å². The van der Waals surface area contributed by atoms with E-state index in [2.05, 4.69) is 65.9 Å². The summed E-state index contributed by atoms with van der Waals surface area (Å²) in [5, 5.41) is 4.37. The molecule has 0 aromatic rings. The number of hydrogen-bond acceptors (Lipinski definition) is 6. The van der Waals surface area contributed by atoms with E-state index in [0.717, 1.165) is 5.75 Å². The molecule has 1 unspecified atom stereocenters. The fourth-order valence-electron chi connectivity index (χ4n) is 2.85. The van der Waals surface area contributed by atoms with Crippen LogP contribution in [0.5, 0.6) is 0 Å². The maximum Gasteiger partial charge on any atom is 0.330 e. The molecule has 1 atom stereocenters. The van der Waals surface area contributed by atoms with Crippen LogP contribution in [0.3, 0.4) is 0 Å². The van der Waals surface area contributed by atoms with Crippen molar-refractivity contribution in [2.75, 3.05) is 12.4 Å². The Morgan fingerprint density at radius 2 is 1.64 bits per heavy atom. The first-order valence-corrected chi connectivity index (χ1v) is 12.4. The minimum atomic E-state index is -0.369. The number of thioether (sulfide) groups is 2. The van der Waals surface area contributed by atoms with E-state index in [-0.39, 0.29) is 11.2 Å². The topological polar surface area (TPSA) is 26.3 Å². The molecule has 0 saturated carbocycles. The van der Waals surface area contributed by atoms with Gasteiger partial charge in [0.15, 0.2) is 0 Å². The molecule has 0 spiro atoms. The Morgan fingerprint density at radius 3 is 2.32 bits per heavy atom. The summed E-state index contributed by atoms with van der Waals surface area (Å²) >= 11 is 7.13. The second-order valence-electron chi connectivity index (χ2n) is 6.08. The van der Waals surface area contributed by atoms with Crippen LogP contribution in [0, 0.1) is 0 Å².